The van der Waals surface area contributed by atoms with Gasteiger partial charge in [-0.05, 0) is 30.2 Å². The van der Waals surface area contributed by atoms with E-state index in [0.717, 1.165) is 23.2 Å². The molecule has 154 valence electrons. The van der Waals surface area contributed by atoms with Crippen LogP contribution >= 0.6 is 11.6 Å². The lowest BCUT2D eigenvalue weighted by atomic mass is 9.95. The standard InChI is InChI=1S/C21H21ClFN7/c22-16-5-3-6-17(23)15(16)11-29-10-13(8-12-4-1-2-7-18(12)29)30-19(24)14-9-26-28-20(14)27-21(30)25/h1-7,9,13,19H,8,10-11,24H2,(H3,25,26,27,28). The number of fused-ring (bicyclic) bond motifs is 2. The number of hydrogen-bond donors (Lipinski definition) is 3. The molecule has 0 aliphatic carbocycles. The first-order valence-corrected chi connectivity index (χ1v) is 10.1. The van der Waals surface area contributed by atoms with Gasteiger partial charge in [-0.1, -0.05) is 35.9 Å². The molecular weight excluding hydrogens is 405 g/mol. The average molecular weight is 426 g/mol. The maximum atomic E-state index is 14.5. The third-order valence-corrected chi connectivity index (χ3v) is 6.13. The molecule has 2 aliphatic rings. The van der Waals surface area contributed by atoms with E-state index in [2.05, 4.69) is 26.2 Å². The summed E-state index contributed by atoms with van der Waals surface area (Å²) in [5.41, 5.74) is 16.3. The zero-order valence-corrected chi connectivity index (χ0v) is 16.9. The molecule has 9 heteroatoms. The van der Waals surface area contributed by atoms with Gasteiger partial charge in [-0.3, -0.25) is 5.10 Å². The second-order valence-electron chi connectivity index (χ2n) is 7.56. The predicted molar refractivity (Wildman–Crippen MR) is 115 cm³/mol. The Morgan fingerprint density at radius 1 is 1.20 bits per heavy atom. The van der Waals surface area contributed by atoms with Crippen LogP contribution in [0.2, 0.25) is 5.02 Å². The van der Waals surface area contributed by atoms with Crippen molar-refractivity contribution in [1.29, 1.82) is 0 Å². The van der Waals surface area contributed by atoms with Gasteiger partial charge >= 0.3 is 0 Å². The van der Waals surface area contributed by atoms with Crippen molar-refractivity contribution in [2.45, 2.75) is 25.2 Å². The molecule has 3 heterocycles. The number of rotatable bonds is 3. The van der Waals surface area contributed by atoms with E-state index in [9.17, 15) is 4.39 Å². The predicted octanol–water partition coefficient (Wildman–Crippen LogP) is 3.05. The maximum absolute atomic E-state index is 14.5. The van der Waals surface area contributed by atoms with E-state index in [1.807, 2.05) is 23.1 Å². The molecule has 0 saturated carbocycles. The van der Waals surface area contributed by atoms with Gasteiger partial charge in [0.1, 0.15) is 12.0 Å². The Morgan fingerprint density at radius 2 is 2.03 bits per heavy atom. The van der Waals surface area contributed by atoms with Crippen molar-refractivity contribution in [3.05, 3.63) is 76.2 Å². The summed E-state index contributed by atoms with van der Waals surface area (Å²) < 4.78 is 14.5. The molecule has 5 N–H and O–H groups in total. The first-order valence-electron chi connectivity index (χ1n) is 9.70. The van der Waals surface area contributed by atoms with Gasteiger partial charge in [-0.2, -0.15) is 10.1 Å². The molecule has 2 unspecified atom stereocenters. The van der Waals surface area contributed by atoms with Gasteiger partial charge in [-0.25, -0.2) is 4.39 Å². The monoisotopic (exact) mass is 425 g/mol. The second-order valence-corrected chi connectivity index (χ2v) is 7.97. The van der Waals surface area contributed by atoms with Gasteiger partial charge in [0.05, 0.1) is 17.8 Å². The molecule has 2 aromatic carbocycles. The fourth-order valence-electron chi connectivity index (χ4n) is 4.35. The molecule has 7 nitrogen and oxygen atoms in total. The number of aromatic amines is 1. The van der Waals surface area contributed by atoms with Crippen LogP contribution in [0, 0.1) is 5.82 Å². The van der Waals surface area contributed by atoms with E-state index in [0.29, 0.717) is 35.5 Å². The lowest BCUT2D eigenvalue weighted by molar-refractivity contribution is 0.228. The Kier molecular flexibility index (Phi) is 4.60. The van der Waals surface area contributed by atoms with Crippen LogP contribution in [0.3, 0.4) is 0 Å². The number of para-hydroxylation sites is 1. The minimum absolute atomic E-state index is 0.0488. The fourth-order valence-corrected chi connectivity index (χ4v) is 4.57. The van der Waals surface area contributed by atoms with Crippen molar-refractivity contribution in [2.75, 3.05) is 11.4 Å². The third-order valence-electron chi connectivity index (χ3n) is 5.78. The summed E-state index contributed by atoms with van der Waals surface area (Å²) in [5.74, 6) is 0.607. The van der Waals surface area contributed by atoms with Crippen molar-refractivity contribution in [3.63, 3.8) is 0 Å². The SMILES string of the molecule is NC1=Nc2[nH]ncc2C(N)N1C1Cc2ccccc2N(Cc2c(F)cccc2Cl)C1. The highest BCUT2D eigenvalue weighted by Crippen LogP contribution is 2.36. The summed E-state index contributed by atoms with van der Waals surface area (Å²) in [4.78, 5) is 8.47. The van der Waals surface area contributed by atoms with Crippen molar-refractivity contribution in [3.8, 4) is 0 Å². The van der Waals surface area contributed by atoms with Crippen LogP contribution < -0.4 is 16.4 Å². The number of nitrogens with one attached hydrogen (secondary N) is 1. The number of halogens is 2. The van der Waals surface area contributed by atoms with Gasteiger partial charge in [0.2, 0.25) is 0 Å². The van der Waals surface area contributed by atoms with E-state index in [1.165, 1.54) is 6.07 Å². The Hall–Kier alpha value is -3.10. The van der Waals surface area contributed by atoms with Crippen LogP contribution in [-0.4, -0.2) is 33.6 Å². The lowest BCUT2D eigenvalue weighted by Crippen LogP contribution is -2.56. The summed E-state index contributed by atoms with van der Waals surface area (Å²) >= 11 is 6.30. The Labute approximate surface area is 178 Å². The Bertz CT molecular complexity index is 1110. The molecule has 2 aliphatic heterocycles. The molecule has 2 atom stereocenters. The van der Waals surface area contributed by atoms with E-state index >= 15 is 0 Å². The fraction of sp³-hybridized carbons (Fsp3) is 0.238. The Balaban J connectivity index is 1.51. The molecule has 0 amide bonds. The van der Waals surface area contributed by atoms with Gasteiger partial charge in [0, 0.05) is 29.4 Å². The summed E-state index contributed by atoms with van der Waals surface area (Å²) in [6, 6.07) is 12.8. The second kappa shape index (κ2) is 7.30. The van der Waals surface area contributed by atoms with Crippen LogP contribution in [0.4, 0.5) is 15.9 Å². The lowest BCUT2D eigenvalue weighted by Gasteiger charge is -2.44. The molecule has 1 aromatic heterocycles. The summed E-state index contributed by atoms with van der Waals surface area (Å²) in [5, 5.41) is 7.26. The third kappa shape index (κ3) is 3.09. The Morgan fingerprint density at radius 3 is 2.87 bits per heavy atom. The highest BCUT2D eigenvalue weighted by atomic mass is 35.5. The van der Waals surface area contributed by atoms with Crippen LogP contribution in [0.25, 0.3) is 0 Å². The molecule has 0 fully saturated rings. The number of hydrogen-bond acceptors (Lipinski definition) is 6. The molecule has 5 rings (SSSR count). The van der Waals surface area contributed by atoms with Gasteiger partial charge in [0.25, 0.3) is 0 Å². The van der Waals surface area contributed by atoms with E-state index < -0.39 is 6.17 Å². The zero-order valence-electron chi connectivity index (χ0n) is 16.1. The van der Waals surface area contributed by atoms with Gasteiger partial charge < -0.3 is 21.3 Å². The maximum Gasteiger partial charge on any atom is 0.199 e. The van der Waals surface area contributed by atoms with Crippen LogP contribution in [0.15, 0.2) is 53.7 Å². The summed E-state index contributed by atoms with van der Waals surface area (Å²) in [6.45, 7) is 0.939. The normalized spacial score (nSPS) is 20.6. The van der Waals surface area contributed by atoms with Crippen molar-refractivity contribution in [2.24, 2.45) is 16.5 Å². The molecule has 3 aromatic rings. The van der Waals surface area contributed by atoms with E-state index in [1.54, 1.807) is 18.3 Å². The number of aliphatic imine (C=N–C) groups is 1. The minimum atomic E-state index is -0.467. The van der Waals surface area contributed by atoms with Gasteiger partial charge in [0.15, 0.2) is 11.8 Å². The number of aromatic nitrogens is 2. The van der Waals surface area contributed by atoms with Crippen LogP contribution in [0.5, 0.6) is 0 Å². The number of anilines is 1. The smallest absolute Gasteiger partial charge is 0.199 e. The number of nitrogens with zero attached hydrogens (tertiary/aromatic N) is 4. The minimum Gasteiger partial charge on any atom is -0.369 e. The molecule has 0 saturated heterocycles. The van der Waals surface area contributed by atoms with E-state index in [4.69, 9.17) is 23.1 Å². The molecular formula is C21H21ClFN7. The molecule has 30 heavy (non-hydrogen) atoms. The number of guanidine groups is 1. The van der Waals surface area contributed by atoms with Crippen molar-refractivity contribution in [1.82, 2.24) is 15.1 Å². The number of benzene rings is 2. The largest absolute Gasteiger partial charge is 0.369 e. The number of nitrogens with two attached hydrogens (primary N) is 2. The first kappa shape index (κ1) is 18.9. The molecule has 0 bridgehead atoms. The average Bonchev–Trinajstić information content (AvgIpc) is 3.19. The molecule has 0 radical (unpaired) electrons. The van der Waals surface area contributed by atoms with Crippen molar-refractivity contribution < 1.29 is 4.39 Å². The quantitative estimate of drug-likeness (QED) is 0.599. The van der Waals surface area contributed by atoms with E-state index in [-0.39, 0.29) is 11.9 Å². The molecule has 0 spiro atoms. The van der Waals surface area contributed by atoms with Crippen LogP contribution in [-0.2, 0) is 13.0 Å². The van der Waals surface area contributed by atoms with Gasteiger partial charge in [-0.15, -0.1) is 0 Å². The summed E-state index contributed by atoms with van der Waals surface area (Å²) in [6.07, 6.45) is 1.95. The first-order chi connectivity index (χ1) is 14.5. The number of H-pyrrole nitrogens is 1. The summed E-state index contributed by atoms with van der Waals surface area (Å²) in [7, 11) is 0. The zero-order chi connectivity index (χ0) is 20.8. The highest BCUT2D eigenvalue weighted by molar-refractivity contribution is 6.31. The highest BCUT2D eigenvalue weighted by Gasteiger charge is 2.36. The van der Waals surface area contributed by atoms with Crippen molar-refractivity contribution >= 4 is 29.1 Å². The van der Waals surface area contributed by atoms with Crippen LogP contribution in [0.1, 0.15) is 22.9 Å². The topological polar surface area (TPSA) is 99.6 Å².